The number of thioether (sulfide) groups is 1. The molecule has 0 aromatic heterocycles. The molecule has 0 bridgehead atoms. The molecule has 2 aromatic rings. The van der Waals surface area contributed by atoms with E-state index >= 15 is 0 Å². The molecule has 2 aromatic carbocycles. The number of amides is 1. The highest BCUT2D eigenvalue weighted by Gasteiger charge is 2.01. The SMILES string of the molecule is CC(C)Oc1ccc(/C=N\NC(=O)CSc2ccccc2)cc1. The van der Waals surface area contributed by atoms with Crippen molar-refractivity contribution in [3.05, 3.63) is 60.2 Å². The molecular weight excluding hydrogens is 308 g/mol. The van der Waals surface area contributed by atoms with Gasteiger partial charge in [-0.1, -0.05) is 18.2 Å². The molecule has 0 unspecified atom stereocenters. The normalized spacial score (nSPS) is 10.9. The summed E-state index contributed by atoms with van der Waals surface area (Å²) in [6.07, 6.45) is 1.76. The van der Waals surface area contributed by atoms with Gasteiger partial charge in [-0.3, -0.25) is 4.79 Å². The van der Waals surface area contributed by atoms with Gasteiger partial charge in [0.25, 0.3) is 0 Å². The van der Waals surface area contributed by atoms with Gasteiger partial charge in [0.15, 0.2) is 0 Å². The average Bonchev–Trinajstić information content (AvgIpc) is 2.55. The van der Waals surface area contributed by atoms with Crippen LogP contribution in [-0.2, 0) is 4.79 Å². The van der Waals surface area contributed by atoms with Gasteiger partial charge >= 0.3 is 0 Å². The third-order valence-corrected chi connectivity index (χ3v) is 3.78. The van der Waals surface area contributed by atoms with Crippen LogP contribution in [0.1, 0.15) is 19.4 Å². The molecule has 5 heteroatoms. The molecule has 2 rings (SSSR count). The molecule has 1 N–H and O–H groups in total. The molecular formula is C18H20N2O2S. The van der Waals surface area contributed by atoms with E-state index in [1.165, 1.54) is 11.8 Å². The van der Waals surface area contributed by atoms with Gasteiger partial charge in [-0.05, 0) is 55.8 Å². The van der Waals surface area contributed by atoms with Crippen molar-refractivity contribution in [1.29, 1.82) is 0 Å². The van der Waals surface area contributed by atoms with Crippen molar-refractivity contribution in [2.24, 2.45) is 5.10 Å². The van der Waals surface area contributed by atoms with Crippen LogP contribution in [0.2, 0.25) is 0 Å². The summed E-state index contributed by atoms with van der Waals surface area (Å²) in [6, 6.07) is 17.4. The molecule has 0 aliphatic carbocycles. The highest BCUT2D eigenvalue weighted by molar-refractivity contribution is 8.00. The zero-order chi connectivity index (χ0) is 16.5. The van der Waals surface area contributed by atoms with Crippen LogP contribution >= 0.6 is 11.8 Å². The number of nitrogens with zero attached hydrogens (tertiary/aromatic N) is 1. The minimum atomic E-state index is -0.130. The van der Waals surface area contributed by atoms with Crippen molar-refractivity contribution in [1.82, 2.24) is 5.43 Å². The first-order chi connectivity index (χ1) is 11.1. The predicted molar refractivity (Wildman–Crippen MR) is 95.1 cm³/mol. The highest BCUT2D eigenvalue weighted by atomic mass is 32.2. The lowest BCUT2D eigenvalue weighted by molar-refractivity contribution is -0.118. The van der Waals surface area contributed by atoms with Crippen LogP contribution in [0, 0.1) is 0 Å². The van der Waals surface area contributed by atoms with E-state index in [1.807, 2.05) is 68.4 Å². The summed E-state index contributed by atoms with van der Waals surface area (Å²) in [5, 5.41) is 3.97. The van der Waals surface area contributed by atoms with Crippen molar-refractivity contribution >= 4 is 23.9 Å². The second kappa shape index (κ2) is 9.00. The topological polar surface area (TPSA) is 50.7 Å². The second-order valence-electron chi connectivity index (χ2n) is 5.13. The Morgan fingerprint density at radius 1 is 1.17 bits per heavy atom. The average molecular weight is 328 g/mol. The quantitative estimate of drug-likeness (QED) is 0.479. The summed E-state index contributed by atoms with van der Waals surface area (Å²) in [5.41, 5.74) is 3.43. The van der Waals surface area contributed by atoms with Crippen molar-refractivity contribution in [3.63, 3.8) is 0 Å². The summed E-state index contributed by atoms with van der Waals surface area (Å²) >= 11 is 1.48. The monoisotopic (exact) mass is 328 g/mol. The molecule has 0 heterocycles. The highest BCUT2D eigenvalue weighted by Crippen LogP contribution is 2.16. The molecule has 0 fully saturated rings. The number of hydrazone groups is 1. The van der Waals surface area contributed by atoms with E-state index < -0.39 is 0 Å². The number of rotatable bonds is 7. The van der Waals surface area contributed by atoms with Crippen LogP contribution in [0.15, 0.2) is 64.6 Å². The Morgan fingerprint density at radius 2 is 1.87 bits per heavy atom. The van der Waals surface area contributed by atoms with Crippen LogP contribution < -0.4 is 10.2 Å². The third-order valence-electron chi connectivity index (χ3n) is 2.77. The van der Waals surface area contributed by atoms with Crippen LogP contribution in [0.4, 0.5) is 0 Å². The van der Waals surface area contributed by atoms with E-state index in [0.29, 0.717) is 5.75 Å². The fraction of sp³-hybridized carbons (Fsp3) is 0.222. The zero-order valence-electron chi connectivity index (χ0n) is 13.2. The van der Waals surface area contributed by atoms with Crippen LogP contribution in [-0.4, -0.2) is 24.0 Å². The van der Waals surface area contributed by atoms with E-state index in [2.05, 4.69) is 10.5 Å². The molecule has 0 spiro atoms. The maximum atomic E-state index is 11.7. The van der Waals surface area contributed by atoms with Gasteiger partial charge in [-0.2, -0.15) is 5.10 Å². The minimum absolute atomic E-state index is 0.130. The van der Waals surface area contributed by atoms with Crippen molar-refractivity contribution in [2.45, 2.75) is 24.8 Å². The molecule has 1 amide bonds. The number of hydrogen-bond acceptors (Lipinski definition) is 4. The smallest absolute Gasteiger partial charge is 0.250 e. The standard InChI is InChI=1S/C18H20N2O2S/c1-14(2)22-16-10-8-15(9-11-16)12-19-20-18(21)13-23-17-6-4-3-5-7-17/h3-12,14H,13H2,1-2H3,(H,20,21)/b19-12-. The largest absolute Gasteiger partial charge is 0.491 e. The fourth-order valence-electron chi connectivity index (χ4n) is 1.78. The summed E-state index contributed by atoms with van der Waals surface area (Å²) in [7, 11) is 0. The Morgan fingerprint density at radius 3 is 2.52 bits per heavy atom. The first kappa shape index (κ1) is 17.1. The summed E-state index contributed by atoms with van der Waals surface area (Å²) in [4.78, 5) is 12.8. The van der Waals surface area contributed by atoms with E-state index in [-0.39, 0.29) is 12.0 Å². The Balaban J connectivity index is 1.76. The number of nitrogens with one attached hydrogen (secondary N) is 1. The van der Waals surface area contributed by atoms with E-state index in [0.717, 1.165) is 16.2 Å². The lowest BCUT2D eigenvalue weighted by Crippen LogP contribution is -2.19. The minimum Gasteiger partial charge on any atom is -0.491 e. The number of hydrogen-bond donors (Lipinski definition) is 1. The Kier molecular flexibility index (Phi) is 6.69. The molecule has 0 saturated carbocycles. The molecule has 4 nitrogen and oxygen atoms in total. The van der Waals surface area contributed by atoms with Crippen LogP contribution in [0.5, 0.6) is 5.75 Å². The van der Waals surface area contributed by atoms with Crippen molar-refractivity contribution in [3.8, 4) is 5.75 Å². The maximum Gasteiger partial charge on any atom is 0.250 e. The molecule has 0 aliphatic rings. The van der Waals surface area contributed by atoms with Crippen LogP contribution in [0.3, 0.4) is 0 Å². The first-order valence-corrected chi connectivity index (χ1v) is 8.38. The predicted octanol–water partition coefficient (Wildman–Crippen LogP) is 3.72. The molecule has 0 saturated heterocycles. The van der Waals surface area contributed by atoms with Gasteiger partial charge in [-0.15, -0.1) is 11.8 Å². The van der Waals surface area contributed by atoms with Crippen molar-refractivity contribution < 1.29 is 9.53 Å². The molecule has 120 valence electrons. The zero-order valence-corrected chi connectivity index (χ0v) is 14.0. The van der Waals surface area contributed by atoms with Gasteiger partial charge in [0.1, 0.15) is 5.75 Å². The van der Waals surface area contributed by atoms with E-state index in [9.17, 15) is 4.79 Å². The van der Waals surface area contributed by atoms with Crippen molar-refractivity contribution in [2.75, 3.05) is 5.75 Å². The number of carbonyl (C=O) groups excluding carboxylic acids is 1. The van der Waals surface area contributed by atoms with Crippen LogP contribution in [0.25, 0.3) is 0 Å². The maximum absolute atomic E-state index is 11.7. The first-order valence-electron chi connectivity index (χ1n) is 7.40. The fourth-order valence-corrected chi connectivity index (χ4v) is 2.49. The van der Waals surface area contributed by atoms with E-state index in [4.69, 9.17) is 4.74 Å². The Bertz CT molecular complexity index is 640. The lowest BCUT2D eigenvalue weighted by Gasteiger charge is -2.09. The number of benzene rings is 2. The summed E-state index contributed by atoms with van der Waals surface area (Å²) < 4.78 is 5.57. The number of carbonyl (C=O) groups is 1. The lowest BCUT2D eigenvalue weighted by atomic mass is 10.2. The summed E-state index contributed by atoms with van der Waals surface area (Å²) in [5.74, 6) is 1.03. The number of ether oxygens (including phenoxy) is 1. The molecule has 23 heavy (non-hydrogen) atoms. The van der Waals surface area contributed by atoms with Gasteiger partial charge in [-0.25, -0.2) is 5.43 Å². The second-order valence-corrected chi connectivity index (χ2v) is 6.18. The molecule has 0 atom stereocenters. The molecule has 0 aliphatic heterocycles. The van der Waals surface area contributed by atoms with Gasteiger partial charge in [0.05, 0.1) is 18.1 Å². The Labute approximate surface area is 140 Å². The Hall–Kier alpha value is -2.27. The summed E-state index contributed by atoms with van der Waals surface area (Å²) in [6.45, 7) is 3.97. The van der Waals surface area contributed by atoms with Gasteiger partial charge < -0.3 is 4.74 Å². The third kappa shape index (κ3) is 6.57. The van der Waals surface area contributed by atoms with Gasteiger partial charge in [0.2, 0.25) is 5.91 Å². The van der Waals surface area contributed by atoms with Gasteiger partial charge in [0, 0.05) is 4.90 Å². The van der Waals surface area contributed by atoms with E-state index in [1.54, 1.807) is 6.21 Å². The molecule has 0 radical (unpaired) electrons.